The highest BCUT2D eigenvalue weighted by atomic mass is 35.5. The lowest BCUT2D eigenvalue weighted by molar-refractivity contribution is -0.173. The molecular formula is C14H19ClO4. The Labute approximate surface area is 117 Å². The van der Waals surface area contributed by atoms with Crippen molar-refractivity contribution in [2.45, 2.75) is 32.8 Å². The fraction of sp³-hybridized carbons (Fsp3) is 0.714. The number of fused-ring (bicyclic) bond motifs is 2. The van der Waals surface area contributed by atoms with Gasteiger partial charge in [-0.1, -0.05) is 11.6 Å². The van der Waals surface area contributed by atoms with Gasteiger partial charge in [-0.15, -0.1) is 11.6 Å². The van der Waals surface area contributed by atoms with Gasteiger partial charge in [0.25, 0.3) is 0 Å². The van der Waals surface area contributed by atoms with Gasteiger partial charge in [0.2, 0.25) is 0 Å². The molecule has 0 radical (unpaired) electrons. The maximum atomic E-state index is 12.5. The van der Waals surface area contributed by atoms with Gasteiger partial charge < -0.3 is 9.84 Å². The molecular weight excluding hydrogens is 268 g/mol. The first kappa shape index (κ1) is 14.5. The zero-order chi connectivity index (χ0) is 14.4. The van der Waals surface area contributed by atoms with Crippen LogP contribution in [0.2, 0.25) is 0 Å². The van der Waals surface area contributed by atoms with E-state index in [2.05, 4.69) is 0 Å². The molecule has 19 heavy (non-hydrogen) atoms. The van der Waals surface area contributed by atoms with Gasteiger partial charge in [0.1, 0.15) is 5.60 Å². The molecule has 1 saturated carbocycles. The van der Waals surface area contributed by atoms with Crippen molar-refractivity contribution in [2.24, 2.45) is 17.3 Å². The molecule has 0 aromatic heterocycles. The summed E-state index contributed by atoms with van der Waals surface area (Å²) < 4.78 is 5.05. The highest BCUT2D eigenvalue weighted by molar-refractivity contribution is 6.21. The minimum Gasteiger partial charge on any atom is -0.466 e. The molecule has 1 fully saturated rings. The molecule has 0 spiro atoms. The van der Waals surface area contributed by atoms with Gasteiger partial charge in [-0.2, -0.15) is 0 Å². The third-order valence-electron chi connectivity index (χ3n) is 4.51. The molecule has 0 unspecified atom stereocenters. The number of ether oxygens (including phenoxy) is 1. The van der Waals surface area contributed by atoms with Gasteiger partial charge in [-0.3, -0.25) is 9.59 Å². The monoisotopic (exact) mass is 286 g/mol. The van der Waals surface area contributed by atoms with E-state index >= 15 is 0 Å². The predicted octanol–water partition coefficient (Wildman–Crippen LogP) is 1.69. The van der Waals surface area contributed by atoms with Crippen molar-refractivity contribution >= 4 is 23.4 Å². The average molecular weight is 287 g/mol. The molecule has 4 nitrogen and oxygen atoms in total. The van der Waals surface area contributed by atoms with Gasteiger partial charge in [0.05, 0.1) is 23.8 Å². The largest absolute Gasteiger partial charge is 0.466 e. The lowest BCUT2D eigenvalue weighted by atomic mass is 9.51. The van der Waals surface area contributed by atoms with Gasteiger partial charge >= 0.3 is 5.97 Å². The number of hydrogen-bond acceptors (Lipinski definition) is 4. The van der Waals surface area contributed by atoms with Crippen molar-refractivity contribution < 1.29 is 19.4 Å². The number of aliphatic hydroxyl groups is 1. The first-order valence-corrected chi connectivity index (χ1v) is 7.04. The zero-order valence-corrected chi connectivity index (χ0v) is 12.2. The number of allylic oxidation sites excluding steroid dienone is 1. The number of Topliss-reactive ketones (excluding diaryl/α,β-unsaturated/α-hetero) is 1. The first-order chi connectivity index (χ1) is 8.81. The molecule has 0 aromatic rings. The summed E-state index contributed by atoms with van der Waals surface area (Å²) in [4.78, 5) is 24.6. The lowest BCUT2D eigenvalue weighted by Crippen LogP contribution is -2.64. The molecule has 2 bridgehead atoms. The van der Waals surface area contributed by atoms with E-state index in [0.717, 1.165) is 5.57 Å². The highest BCUT2D eigenvalue weighted by Gasteiger charge is 2.63. The number of carbonyl (C=O) groups excluding carboxylic acids is 2. The zero-order valence-electron chi connectivity index (χ0n) is 11.4. The molecule has 5 heteroatoms. The third-order valence-corrected chi connectivity index (χ3v) is 4.91. The van der Waals surface area contributed by atoms with E-state index in [1.54, 1.807) is 19.9 Å². The van der Waals surface area contributed by atoms with E-state index in [0.29, 0.717) is 6.42 Å². The van der Waals surface area contributed by atoms with Crippen LogP contribution < -0.4 is 0 Å². The normalized spacial score (nSPS) is 41.1. The Morgan fingerprint density at radius 1 is 1.63 bits per heavy atom. The summed E-state index contributed by atoms with van der Waals surface area (Å²) in [6, 6.07) is 0. The molecule has 0 amide bonds. The highest BCUT2D eigenvalue weighted by Crippen LogP contribution is 2.54. The van der Waals surface area contributed by atoms with Gasteiger partial charge in [0.15, 0.2) is 5.78 Å². The van der Waals surface area contributed by atoms with Gasteiger partial charge in [-0.25, -0.2) is 0 Å². The standard InChI is InChI=1S/C14H19ClO4/c1-4-19-11(16)10-5-9-8(2)6-13(10,3)12(17)14(9,18)7-15/h6,9-10,18H,4-5,7H2,1-3H3/t9-,10+,13-,14-/m0/s1. The quantitative estimate of drug-likeness (QED) is 0.487. The molecule has 0 heterocycles. The average Bonchev–Trinajstić information content (AvgIpc) is 2.35. The van der Waals surface area contributed by atoms with E-state index in [-0.39, 0.29) is 24.2 Å². The summed E-state index contributed by atoms with van der Waals surface area (Å²) in [7, 11) is 0. The number of carbonyl (C=O) groups is 2. The smallest absolute Gasteiger partial charge is 0.310 e. The second-order valence-electron chi connectivity index (χ2n) is 5.65. The maximum absolute atomic E-state index is 12.5. The number of rotatable bonds is 3. The second-order valence-corrected chi connectivity index (χ2v) is 5.92. The van der Waals surface area contributed by atoms with Crippen LogP contribution in [0.1, 0.15) is 27.2 Å². The van der Waals surface area contributed by atoms with Gasteiger partial charge in [0, 0.05) is 5.92 Å². The molecule has 3 aliphatic carbocycles. The summed E-state index contributed by atoms with van der Waals surface area (Å²) in [5, 5.41) is 10.5. The number of esters is 1. The molecule has 0 aliphatic heterocycles. The summed E-state index contributed by atoms with van der Waals surface area (Å²) in [6.07, 6.45) is 2.21. The van der Waals surface area contributed by atoms with Crippen molar-refractivity contribution in [1.82, 2.24) is 0 Å². The molecule has 4 atom stereocenters. The summed E-state index contributed by atoms with van der Waals surface area (Å²) in [5.74, 6) is -1.81. The Bertz CT molecular complexity index is 458. The molecule has 1 N–H and O–H groups in total. The van der Waals surface area contributed by atoms with Crippen molar-refractivity contribution in [2.75, 3.05) is 12.5 Å². The second kappa shape index (κ2) is 4.60. The van der Waals surface area contributed by atoms with Crippen LogP contribution in [0.15, 0.2) is 11.6 Å². The number of ketones is 1. The summed E-state index contributed by atoms with van der Waals surface area (Å²) >= 11 is 5.81. The predicted molar refractivity (Wildman–Crippen MR) is 70.8 cm³/mol. The van der Waals surface area contributed by atoms with E-state index in [1.807, 2.05) is 6.92 Å². The molecule has 0 aromatic carbocycles. The lowest BCUT2D eigenvalue weighted by Gasteiger charge is -2.53. The Balaban J connectivity index is 2.45. The van der Waals surface area contributed by atoms with Crippen molar-refractivity contribution in [1.29, 1.82) is 0 Å². The van der Waals surface area contributed by atoms with Crippen molar-refractivity contribution in [3.63, 3.8) is 0 Å². The molecule has 106 valence electrons. The fourth-order valence-electron chi connectivity index (χ4n) is 3.50. The summed E-state index contributed by atoms with van der Waals surface area (Å²) in [5.41, 5.74) is -1.65. The van der Waals surface area contributed by atoms with Crippen LogP contribution >= 0.6 is 11.6 Å². The minimum absolute atomic E-state index is 0.146. The van der Waals surface area contributed by atoms with Crippen LogP contribution in [-0.4, -0.2) is 34.9 Å². The number of alkyl halides is 1. The van der Waals surface area contributed by atoms with Crippen molar-refractivity contribution in [3.8, 4) is 0 Å². The Hall–Kier alpha value is -0.870. The maximum Gasteiger partial charge on any atom is 0.310 e. The molecule has 3 aliphatic rings. The van der Waals surface area contributed by atoms with Gasteiger partial charge in [-0.05, 0) is 27.2 Å². The van der Waals surface area contributed by atoms with E-state index in [4.69, 9.17) is 16.3 Å². The third kappa shape index (κ3) is 1.84. The van der Waals surface area contributed by atoms with Crippen LogP contribution in [-0.2, 0) is 14.3 Å². The van der Waals surface area contributed by atoms with Crippen molar-refractivity contribution in [3.05, 3.63) is 11.6 Å². The van der Waals surface area contributed by atoms with Crippen LogP contribution in [0.4, 0.5) is 0 Å². The topological polar surface area (TPSA) is 63.6 Å². The van der Waals surface area contributed by atoms with E-state index in [9.17, 15) is 14.7 Å². The SMILES string of the molecule is CCOC(=O)[C@H]1C[C@H]2C(C)=C[C@]1(C)C(=O)[C@]2(O)CCl. The fourth-order valence-corrected chi connectivity index (χ4v) is 3.81. The Kier molecular flexibility index (Phi) is 3.52. The van der Waals surface area contributed by atoms with Crippen LogP contribution in [0.25, 0.3) is 0 Å². The molecule has 3 rings (SSSR count). The first-order valence-electron chi connectivity index (χ1n) is 6.50. The Morgan fingerprint density at radius 3 is 2.79 bits per heavy atom. The minimum atomic E-state index is -1.56. The van der Waals surface area contributed by atoms with Crippen LogP contribution in [0, 0.1) is 17.3 Å². The van der Waals surface area contributed by atoms with E-state index in [1.165, 1.54) is 0 Å². The van der Waals surface area contributed by atoms with Crippen LogP contribution in [0.3, 0.4) is 0 Å². The number of hydrogen-bond donors (Lipinski definition) is 1. The Morgan fingerprint density at radius 2 is 2.26 bits per heavy atom. The van der Waals surface area contributed by atoms with E-state index < -0.39 is 22.9 Å². The molecule has 0 saturated heterocycles. The summed E-state index contributed by atoms with van der Waals surface area (Å²) in [6.45, 7) is 5.58. The number of halogens is 1. The van der Waals surface area contributed by atoms with Crippen LogP contribution in [0.5, 0.6) is 0 Å².